The lowest BCUT2D eigenvalue weighted by molar-refractivity contribution is 0.0519. The Morgan fingerprint density at radius 2 is 1.83 bits per heavy atom. The molecule has 0 aromatic heterocycles. The molecule has 0 aliphatic carbocycles. The summed E-state index contributed by atoms with van der Waals surface area (Å²) in [5, 5.41) is 2.60. The molecule has 0 radical (unpaired) electrons. The summed E-state index contributed by atoms with van der Waals surface area (Å²) < 4.78 is 9.73. The molecule has 0 saturated carbocycles. The van der Waals surface area contributed by atoms with Gasteiger partial charge in [-0.05, 0) is 27.2 Å². The molecule has 6 heteroatoms. The van der Waals surface area contributed by atoms with Crippen LogP contribution >= 0.6 is 0 Å². The van der Waals surface area contributed by atoms with E-state index in [4.69, 9.17) is 4.74 Å². The Morgan fingerprint density at radius 1 is 1.22 bits per heavy atom. The lowest BCUT2D eigenvalue weighted by atomic mass is 10.2. The van der Waals surface area contributed by atoms with Crippen LogP contribution in [0.2, 0.25) is 0 Å². The number of alkyl carbamates (subject to hydrolysis) is 1. The topological polar surface area (TPSA) is 67.9 Å². The molecule has 6 nitrogen and oxygen atoms in total. The van der Waals surface area contributed by atoms with Gasteiger partial charge in [0.15, 0.2) is 0 Å². The minimum Gasteiger partial charge on any atom is -0.453 e. The van der Waals surface area contributed by atoms with Crippen molar-refractivity contribution >= 4 is 12.2 Å². The standard InChI is InChI=1S/C12H24N2O4/c1-6-8-14(11(16)17-5)9-7-13-10(15)18-12(2,3)4/h6-9H2,1-5H3,(H,13,15). The Labute approximate surface area is 109 Å². The minimum atomic E-state index is -0.518. The van der Waals surface area contributed by atoms with Crippen LogP contribution in [0.3, 0.4) is 0 Å². The van der Waals surface area contributed by atoms with Gasteiger partial charge in [-0.25, -0.2) is 9.59 Å². The molecule has 106 valence electrons. The first kappa shape index (κ1) is 16.5. The molecular weight excluding hydrogens is 236 g/mol. The quantitative estimate of drug-likeness (QED) is 0.820. The Kier molecular flexibility index (Phi) is 7.16. The number of methoxy groups -OCH3 is 1. The summed E-state index contributed by atoms with van der Waals surface area (Å²) in [6.45, 7) is 8.70. The first-order valence-corrected chi connectivity index (χ1v) is 6.10. The number of rotatable bonds is 5. The van der Waals surface area contributed by atoms with E-state index in [-0.39, 0.29) is 6.09 Å². The molecule has 0 aromatic rings. The molecule has 0 unspecified atom stereocenters. The summed E-state index contributed by atoms with van der Waals surface area (Å²) in [5.41, 5.74) is -0.518. The Bertz CT molecular complexity index is 274. The Balaban J connectivity index is 3.99. The fourth-order valence-corrected chi connectivity index (χ4v) is 1.30. The van der Waals surface area contributed by atoms with Crippen LogP contribution in [0.25, 0.3) is 0 Å². The van der Waals surface area contributed by atoms with Crippen molar-refractivity contribution in [3.63, 3.8) is 0 Å². The maximum Gasteiger partial charge on any atom is 0.409 e. The second-order valence-corrected chi connectivity index (χ2v) is 4.89. The minimum absolute atomic E-state index is 0.337. The van der Waals surface area contributed by atoms with Crippen LogP contribution in [0.15, 0.2) is 0 Å². The van der Waals surface area contributed by atoms with Gasteiger partial charge in [-0.3, -0.25) is 0 Å². The van der Waals surface area contributed by atoms with Gasteiger partial charge < -0.3 is 19.7 Å². The van der Waals surface area contributed by atoms with Gasteiger partial charge in [-0.15, -0.1) is 0 Å². The first-order chi connectivity index (χ1) is 8.30. The molecule has 2 amide bonds. The Hall–Kier alpha value is -1.46. The van der Waals surface area contributed by atoms with E-state index in [1.807, 2.05) is 6.92 Å². The van der Waals surface area contributed by atoms with Gasteiger partial charge in [0, 0.05) is 19.6 Å². The van der Waals surface area contributed by atoms with Crippen molar-refractivity contribution in [1.29, 1.82) is 0 Å². The Morgan fingerprint density at radius 3 is 2.28 bits per heavy atom. The van der Waals surface area contributed by atoms with Crippen molar-refractivity contribution in [1.82, 2.24) is 10.2 Å². The SMILES string of the molecule is CCCN(CCNC(=O)OC(C)(C)C)C(=O)OC. The van der Waals surface area contributed by atoms with E-state index in [0.29, 0.717) is 19.6 Å². The summed E-state index contributed by atoms with van der Waals surface area (Å²) in [5.74, 6) is 0. The third-order valence-corrected chi connectivity index (χ3v) is 1.98. The van der Waals surface area contributed by atoms with Crippen LogP contribution in [0.1, 0.15) is 34.1 Å². The van der Waals surface area contributed by atoms with Crippen molar-refractivity contribution in [2.75, 3.05) is 26.7 Å². The zero-order valence-electron chi connectivity index (χ0n) is 11.9. The second-order valence-electron chi connectivity index (χ2n) is 4.89. The predicted molar refractivity (Wildman–Crippen MR) is 68.5 cm³/mol. The monoisotopic (exact) mass is 260 g/mol. The molecule has 0 bridgehead atoms. The highest BCUT2D eigenvalue weighted by atomic mass is 16.6. The van der Waals surface area contributed by atoms with Crippen LogP contribution in [0.5, 0.6) is 0 Å². The maximum atomic E-state index is 11.4. The van der Waals surface area contributed by atoms with E-state index in [2.05, 4.69) is 10.1 Å². The molecule has 0 aliphatic heterocycles. The van der Waals surface area contributed by atoms with Gasteiger partial charge in [-0.2, -0.15) is 0 Å². The smallest absolute Gasteiger partial charge is 0.409 e. The number of carbonyl (C=O) groups is 2. The zero-order valence-corrected chi connectivity index (χ0v) is 11.9. The summed E-state index contributed by atoms with van der Waals surface area (Å²) in [6.07, 6.45) is -0.0340. The van der Waals surface area contributed by atoms with Crippen LogP contribution in [0.4, 0.5) is 9.59 Å². The highest BCUT2D eigenvalue weighted by Gasteiger charge is 2.17. The number of carbonyl (C=O) groups excluding carboxylic acids is 2. The van der Waals surface area contributed by atoms with E-state index in [0.717, 1.165) is 6.42 Å². The predicted octanol–water partition coefficient (Wildman–Crippen LogP) is 1.99. The normalized spacial score (nSPS) is 10.7. The van der Waals surface area contributed by atoms with Gasteiger partial charge in [0.1, 0.15) is 5.60 Å². The fourth-order valence-electron chi connectivity index (χ4n) is 1.30. The molecule has 18 heavy (non-hydrogen) atoms. The highest BCUT2D eigenvalue weighted by Crippen LogP contribution is 2.06. The molecule has 0 aromatic carbocycles. The van der Waals surface area contributed by atoms with Gasteiger partial charge >= 0.3 is 12.2 Å². The molecule has 0 atom stereocenters. The summed E-state index contributed by atoms with van der Waals surface area (Å²) in [6, 6.07) is 0. The van der Waals surface area contributed by atoms with Crippen molar-refractivity contribution in [2.45, 2.75) is 39.7 Å². The fraction of sp³-hybridized carbons (Fsp3) is 0.833. The molecule has 1 N–H and O–H groups in total. The number of nitrogens with one attached hydrogen (secondary N) is 1. The van der Waals surface area contributed by atoms with Gasteiger partial charge in [0.25, 0.3) is 0 Å². The summed E-state index contributed by atoms with van der Waals surface area (Å²) in [7, 11) is 1.34. The molecule has 0 rings (SSSR count). The number of hydrogen-bond acceptors (Lipinski definition) is 4. The van der Waals surface area contributed by atoms with Gasteiger partial charge in [-0.1, -0.05) is 6.92 Å². The lowest BCUT2D eigenvalue weighted by Gasteiger charge is -2.22. The van der Waals surface area contributed by atoms with Crippen LogP contribution in [-0.2, 0) is 9.47 Å². The van der Waals surface area contributed by atoms with E-state index in [1.54, 1.807) is 20.8 Å². The third kappa shape index (κ3) is 7.76. The molecule has 0 heterocycles. The summed E-state index contributed by atoms with van der Waals surface area (Å²) >= 11 is 0. The van der Waals surface area contributed by atoms with Crippen molar-refractivity contribution in [3.8, 4) is 0 Å². The van der Waals surface area contributed by atoms with Crippen molar-refractivity contribution in [2.24, 2.45) is 0 Å². The summed E-state index contributed by atoms with van der Waals surface area (Å²) in [4.78, 5) is 24.3. The number of nitrogens with zero attached hydrogens (tertiary/aromatic N) is 1. The molecule has 0 aliphatic rings. The average Bonchev–Trinajstić information content (AvgIpc) is 2.24. The van der Waals surface area contributed by atoms with Crippen LogP contribution in [-0.4, -0.2) is 49.4 Å². The number of ether oxygens (including phenoxy) is 2. The number of amides is 2. The van der Waals surface area contributed by atoms with Crippen molar-refractivity contribution in [3.05, 3.63) is 0 Å². The zero-order chi connectivity index (χ0) is 14.2. The molecule has 0 fully saturated rings. The van der Waals surface area contributed by atoms with Crippen LogP contribution in [0, 0.1) is 0 Å². The van der Waals surface area contributed by atoms with Gasteiger partial charge in [0.2, 0.25) is 0 Å². The van der Waals surface area contributed by atoms with Gasteiger partial charge in [0.05, 0.1) is 7.11 Å². The largest absolute Gasteiger partial charge is 0.453 e. The van der Waals surface area contributed by atoms with Crippen molar-refractivity contribution < 1.29 is 19.1 Å². The molecule has 0 spiro atoms. The first-order valence-electron chi connectivity index (χ1n) is 6.10. The van der Waals surface area contributed by atoms with E-state index < -0.39 is 11.7 Å². The van der Waals surface area contributed by atoms with Crippen LogP contribution < -0.4 is 5.32 Å². The highest BCUT2D eigenvalue weighted by molar-refractivity contribution is 5.68. The van der Waals surface area contributed by atoms with E-state index >= 15 is 0 Å². The molecular formula is C12H24N2O4. The number of hydrogen-bond donors (Lipinski definition) is 1. The second kappa shape index (κ2) is 7.79. The maximum absolute atomic E-state index is 11.4. The third-order valence-electron chi connectivity index (χ3n) is 1.98. The molecule has 0 saturated heterocycles. The lowest BCUT2D eigenvalue weighted by Crippen LogP contribution is -2.40. The van der Waals surface area contributed by atoms with E-state index in [9.17, 15) is 9.59 Å². The van der Waals surface area contributed by atoms with E-state index in [1.165, 1.54) is 12.0 Å². The average molecular weight is 260 g/mol.